The Morgan fingerprint density at radius 1 is 1.25 bits per heavy atom. The number of nitrogens with zero attached hydrogens (tertiary/aromatic N) is 3. The zero-order valence-corrected chi connectivity index (χ0v) is 13.5. The molecule has 2 aromatic rings. The highest BCUT2D eigenvalue weighted by atomic mass is 32.2. The number of hydrogen-bond acceptors (Lipinski definition) is 6. The molecule has 1 atom stereocenters. The van der Waals surface area contributed by atoms with Gasteiger partial charge in [0.2, 0.25) is 21.9 Å². The van der Waals surface area contributed by atoms with Crippen LogP contribution in [0.1, 0.15) is 17.3 Å². The van der Waals surface area contributed by atoms with E-state index < -0.39 is 27.8 Å². The van der Waals surface area contributed by atoms with Gasteiger partial charge in [0.1, 0.15) is 0 Å². The number of carbonyl (C=O) groups excluding carboxylic acids is 2. The van der Waals surface area contributed by atoms with Crippen LogP contribution < -0.4 is 9.62 Å². The van der Waals surface area contributed by atoms with Crippen LogP contribution in [-0.4, -0.2) is 36.0 Å². The van der Waals surface area contributed by atoms with E-state index in [1.807, 2.05) is 0 Å². The number of anilines is 2. The van der Waals surface area contributed by atoms with Crippen molar-refractivity contribution in [3.63, 3.8) is 0 Å². The molecule has 0 spiro atoms. The van der Waals surface area contributed by atoms with Crippen molar-refractivity contribution in [1.82, 2.24) is 9.97 Å². The van der Waals surface area contributed by atoms with E-state index in [0.717, 1.165) is 4.31 Å². The lowest BCUT2D eigenvalue weighted by molar-refractivity contribution is -0.119. The summed E-state index contributed by atoms with van der Waals surface area (Å²) >= 11 is 0. The fourth-order valence-electron chi connectivity index (χ4n) is 2.40. The quantitative estimate of drug-likeness (QED) is 0.889. The first-order valence-corrected chi connectivity index (χ1v) is 8.75. The third kappa shape index (κ3) is 2.98. The van der Waals surface area contributed by atoms with Gasteiger partial charge in [0.05, 0.1) is 17.4 Å². The molecule has 1 N–H and O–H groups in total. The van der Waals surface area contributed by atoms with Crippen LogP contribution in [0.25, 0.3) is 0 Å². The standard InChI is InChI=1S/C15H14N4O4S/c1-10-9-24(22,23)19(14(10)21)12-5-2-4-11(8-12)13(20)18-15-16-6-3-7-17-15/h2-8,10H,9H2,1H3,(H,16,17,18,20). The lowest BCUT2D eigenvalue weighted by Crippen LogP contribution is -2.30. The molecule has 9 heteroatoms. The zero-order chi connectivity index (χ0) is 17.3. The third-order valence-electron chi connectivity index (χ3n) is 3.49. The van der Waals surface area contributed by atoms with Crippen LogP contribution in [-0.2, 0) is 14.8 Å². The Kier molecular flexibility index (Phi) is 4.02. The minimum Gasteiger partial charge on any atom is -0.290 e. The first-order chi connectivity index (χ1) is 11.4. The number of sulfonamides is 1. The second kappa shape index (κ2) is 6.00. The van der Waals surface area contributed by atoms with Crippen molar-refractivity contribution in [2.75, 3.05) is 15.4 Å². The summed E-state index contributed by atoms with van der Waals surface area (Å²) in [6.45, 7) is 1.56. The summed E-state index contributed by atoms with van der Waals surface area (Å²) in [6, 6.07) is 7.47. The molecular weight excluding hydrogens is 332 g/mol. The van der Waals surface area contributed by atoms with Crippen LogP contribution in [0, 0.1) is 5.92 Å². The molecule has 0 aliphatic carbocycles. The van der Waals surface area contributed by atoms with Crippen LogP contribution in [0.3, 0.4) is 0 Å². The van der Waals surface area contributed by atoms with E-state index in [9.17, 15) is 18.0 Å². The van der Waals surface area contributed by atoms with Crippen molar-refractivity contribution in [3.05, 3.63) is 48.3 Å². The Labute approximate surface area is 138 Å². The largest absolute Gasteiger partial charge is 0.290 e. The lowest BCUT2D eigenvalue weighted by Gasteiger charge is -2.16. The number of amides is 2. The van der Waals surface area contributed by atoms with Crippen molar-refractivity contribution in [2.45, 2.75) is 6.92 Å². The van der Waals surface area contributed by atoms with Gasteiger partial charge in [-0.05, 0) is 24.3 Å². The van der Waals surface area contributed by atoms with E-state index in [1.165, 1.54) is 36.7 Å². The van der Waals surface area contributed by atoms with E-state index in [4.69, 9.17) is 0 Å². The van der Waals surface area contributed by atoms with Gasteiger partial charge in [0.15, 0.2) is 0 Å². The van der Waals surface area contributed by atoms with Gasteiger partial charge in [-0.25, -0.2) is 22.7 Å². The van der Waals surface area contributed by atoms with Gasteiger partial charge >= 0.3 is 0 Å². The lowest BCUT2D eigenvalue weighted by atomic mass is 10.1. The number of hydrogen-bond donors (Lipinski definition) is 1. The molecule has 24 heavy (non-hydrogen) atoms. The molecular formula is C15H14N4O4S. The normalized spacial score (nSPS) is 19.3. The fourth-order valence-corrected chi connectivity index (χ4v) is 4.21. The Bertz CT molecular complexity index is 899. The average molecular weight is 346 g/mol. The fraction of sp³-hybridized carbons (Fsp3) is 0.200. The van der Waals surface area contributed by atoms with Crippen molar-refractivity contribution in [1.29, 1.82) is 0 Å². The molecule has 0 bridgehead atoms. The Morgan fingerprint density at radius 3 is 2.58 bits per heavy atom. The maximum absolute atomic E-state index is 12.2. The van der Waals surface area contributed by atoms with E-state index in [1.54, 1.807) is 13.0 Å². The van der Waals surface area contributed by atoms with Crippen LogP contribution in [0.15, 0.2) is 42.7 Å². The van der Waals surface area contributed by atoms with E-state index in [0.29, 0.717) is 0 Å². The minimum absolute atomic E-state index is 0.131. The summed E-state index contributed by atoms with van der Waals surface area (Å²) in [6.07, 6.45) is 2.96. The first kappa shape index (κ1) is 16.1. The molecule has 8 nitrogen and oxygen atoms in total. The molecule has 1 aromatic carbocycles. The van der Waals surface area contributed by atoms with Crippen molar-refractivity contribution < 1.29 is 18.0 Å². The predicted octanol–water partition coefficient (Wildman–Crippen LogP) is 1.04. The molecule has 1 aliphatic heterocycles. The van der Waals surface area contributed by atoms with Gasteiger partial charge < -0.3 is 0 Å². The summed E-state index contributed by atoms with van der Waals surface area (Å²) in [7, 11) is -3.71. The maximum Gasteiger partial charge on any atom is 0.258 e. The molecule has 1 saturated heterocycles. The number of carbonyl (C=O) groups is 2. The van der Waals surface area contributed by atoms with Gasteiger partial charge in [0.25, 0.3) is 5.91 Å². The number of nitrogens with one attached hydrogen (secondary N) is 1. The molecule has 0 radical (unpaired) electrons. The van der Waals surface area contributed by atoms with Crippen LogP contribution in [0.4, 0.5) is 11.6 Å². The SMILES string of the molecule is CC1CS(=O)(=O)N(c2cccc(C(=O)Nc3ncccn3)c2)C1=O. The van der Waals surface area contributed by atoms with Crippen LogP contribution in [0.5, 0.6) is 0 Å². The summed E-state index contributed by atoms with van der Waals surface area (Å²) in [5.41, 5.74) is 0.341. The molecule has 1 fully saturated rings. The summed E-state index contributed by atoms with van der Waals surface area (Å²) in [4.78, 5) is 32.1. The second-order valence-electron chi connectivity index (χ2n) is 5.36. The Hall–Kier alpha value is -2.81. The van der Waals surface area contributed by atoms with Crippen molar-refractivity contribution in [2.24, 2.45) is 5.92 Å². The highest BCUT2D eigenvalue weighted by Gasteiger charge is 2.42. The van der Waals surface area contributed by atoms with Gasteiger partial charge in [-0.2, -0.15) is 0 Å². The monoisotopic (exact) mass is 346 g/mol. The number of benzene rings is 1. The number of rotatable bonds is 3. The molecule has 1 unspecified atom stereocenters. The second-order valence-corrected chi connectivity index (χ2v) is 7.22. The van der Waals surface area contributed by atoms with E-state index in [-0.39, 0.29) is 23.0 Å². The molecule has 1 aromatic heterocycles. The summed E-state index contributed by atoms with van der Waals surface area (Å²) in [5.74, 6) is -1.71. The molecule has 1 aliphatic rings. The van der Waals surface area contributed by atoms with E-state index in [2.05, 4.69) is 15.3 Å². The highest BCUT2D eigenvalue weighted by molar-refractivity contribution is 7.94. The zero-order valence-electron chi connectivity index (χ0n) is 12.7. The molecule has 124 valence electrons. The number of aromatic nitrogens is 2. The van der Waals surface area contributed by atoms with Gasteiger partial charge in [-0.15, -0.1) is 0 Å². The predicted molar refractivity (Wildman–Crippen MR) is 86.9 cm³/mol. The highest BCUT2D eigenvalue weighted by Crippen LogP contribution is 2.28. The van der Waals surface area contributed by atoms with E-state index >= 15 is 0 Å². The maximum atomic E-state index is 12.2. The topological polar surface area (TPSA) is 109 Å². The smallest absolute Gasteiger partial charge is 0.258 e. The van der Waals surface area contributed by atoms with Gasteiger partial charge in [0, 0.05) is 18.0 Å². The Balaban J connectivity index is 1.90. The van der Waals surface area contributed by atoms with Crippen molar-refractivity contribution in [3.8, 4) is 0 Å². The molecule has 0 saturated carbocycles. The van der Waals surface area contributed by atoms with Gasteiger partial charge in [-0.3, -0.25) is 14.9 Å². The van der Waals surface area contributed by atoms with Gasteiger partial charge in [-0.1, -0.05) is 13.0 Å². The molecule has 2 heterocycles. The Morgan fingerprint density at radius 2 is 1.96 bits per heavy atom. The first-order valence-electron chi connectivity index (χ1n) is 7.14. The summed E-state index contributed by atoms with van der Waals surface area (Å²) < 4.78 is 25.0. The average Bonchev–Trinajstić information content (AvgIpc) is 2.76. The van der Waals surface area contributed by atoms with Crippen LogP contribution in [0.2, 0.25) is 0 Å². The third-order valence-corrected chi connectivity index (χ3v) is 5.36. The molecule has 3 rings (SSSR count). The van der Waals surface area contributed by atoms with Crippen LogP contribution >= 0.6 is 0 Å². The van der Waals surface area contributed by atoms with Crippen molar-refractivity contribution >= 4 is 33.5 Å². The summed E-state index contributed by atoms with van der Waals surface area (Å²) in [5, 5.41) is 2.50. The minimum atomic E-state index is -3.71. The molecule has 2 amide bonds.